The summed E-state index contributed by atoms with van der Waals surface area (Å²) in [4.78, 5) is 23.9. The lowest BCUT2D eigenvalue weighted by atomic mass is 9.76. The number of nitrogens with two attached hydrogens (primary N) is 1. The highest BCUT2D eigenvalue weighted by Crippen LogP contribution is 2.39. The molecular formula is C27H33F2N5O2. The number of nitrogens with zero attached hydrogens (tertiary/aromatic N) is 3. The molecule has 2 aliphatic heterocycles. The quantitative estimate of drug-likeness (QED) is 0.592. The molecule has 4 N–H and O–H groups in total. The van der Waals surface area contributed by atoms with Crippen LogP contribution in [-0.2, 0) is 4.79 Å². The van der Waals surface area contributed by atoms with Gasteiger partial charge in [-0.3, -0.25) is 14.8 Å². The molecule has 0 spiro atoms. The maximum absolute atomic E-state index is 14.9. The molecule has 5 rings (SSSR count). The number of amides is 1. The summed E-state index contributed by atoms with van der Waals surface area (Å²) in [6.45, 7) is 2.68. The SMILES string of the molecule is C[C@@H]1C[C@H](N)C[C@H](c2ccncc2NC(=O)C2=CC=C(F)C3C=C(N4CC[C@H](O)[C@@H](F)C4)C=NC23)C1. The van der Waals surface area contributed by atoms with Crippen LogP contribution >= 0.6 is 0 Å². The van der Waals surface area contributed by atoms with Gasteiger partial charge in [-0.05, 0) is 67.4 Å². The van der Waals surface area contributed by atoms with Crippen molar-refractivity contribution < 1.29 is 18.7 Å². The number of likely N-dealkylation sites (tertiary alicyclic amines) is 1. The van der Waals surface area contributed by atoms with Gasteiger partial charge in [-0.25, -0.2) is 8.78 Å². The highest BCUT2D eigenvalue weighted by atomic mass is 19.1. The van der Waals surface area contributed by atoms with Crippen LogP contribution in [-0.4, -0.2) is 64.6 Å². The van der Waals surface area contributed by atoms with Crippen molar-refractivity contribution in [2.45, 2.75) is 62.9 Å². The summed E-state index contributed by atoms with van der Waals surface area (Å²) in [5, 5.41) is 12.7. The summed E-state index contributed by atoms with van der Waals surface area (Å²) >= 11 is 0. The van der Waals surface area contributed by atoms with Gasteiger partial charge in [0.05, 0.1) is 42.2 Å². The number of halogens is 2. The van der Waals surface area contributed by atoms with E-state index < -0.39 is 30.1 Å². The predicted octanol–water partition coefficient (Wildman–Crippen LogP) is 3.40. The van der Waals surface area contributed by atoms with Gasteiger partial charge in [0.2, 0.25) is 0 Å². The molecule has 192 valence electrons. The third kappa shape index (κ3) is 4.99. The average Bonchev–Trinajstić information content (AvgIpc) is 2.85. The summed E-state index contributed by atoms with van der Waals surface area (Å²) in [6.07, 6.45) is 10.2. The van der Waals surface area contributed by atoms with Crippen molar-refractivity contribution in [3.05, 3.63) is 59.3 Å². The zero-order chi connectivity index (χ0) is 25.4. The second kappa shape index (κ2) is 10.2. The molecule has 0 radical (unpaired) electrons. The number of carbonyl (C=O) groups excluding carboxylic acids is 1. The van der Waals surface area contributed by atoms with Crippen LogP contribution in [0.25, 0.3) is 0 Å². The Morgan fingerprint density at radius 3 is 2.89 bits per heavy atom. The Hall–Kier alpha value is -2.91. The molecule has 3 heterocycles. The number of hydrogen-bond acceptors (Lipinski definition) is 6. The van der Waals surface area contributed by atoms with Crippen LogP contribution in [0.15, 0.2) is 58.8 Å². The number of dihydropyridines is 1. The molecule has 1 saturated carbocycles. The number of aliphatic imine (C=N–C) groups is 1. The summed E-state index contributed by atoms with van der Waals surface area (Å²) in [6, 6.07) is 1.35. The Morgan fingerprint density at radius 1 is 1.28 bits per heavy atom. The van der Waals surface area contributed by atoms with Crippen molar-refractivity contribution in [1.82, 2.24) is 9.88 Å². The van der Waals surface area contributed by atoms with Gasteiger partial charge < -0.3 is 21.1 Å². The largest absolute Gasteiger partial charge is 0.390 e. The molecule has 0 bridgehead atoms. The lowest BCUT2D eigenvalue weighted by Crippen LogP contribution is -2.45. The first kappa shape index (κ1) is 24.8. The zero-order valence-electron chi connectivity index (χ0n) is 20.4. The van der Waals surface area contributed by atoms with Crippen molar-refractivity contribution in [3.63, 3.8) is 0 Å². The van der Waals surface area contributed by atoms with E-state index in [0.717, 1.165) is 24.8 Å². The molecule has 2 unspecified atom stereocenters. The molecule has 0 aromatic carbocycles. The van der Waals surface area contributed by atoms with Crippen LogP contribution in [0.1, 0.15) is 44.1 Å². The van der Waals surface area contributed by atoms with Crippen molar-refractivity contribution >= 4 is 17.8 Å². The van der Waals surface area contributed by atoms with Gasteiger partial charge in [0.25, 0.3) is 5.91 Å². The van der Waals surface area contributed by atoms with Gasteiger partial charge in [0.15, 0.2) is 0 Å². The number of anilines is 1. The third-order valence-electron chi connectivity index (χ3n) is 7.77. The van der Waals surface area contributed by atoms with Gasteiger partial charge in [-0.2, -0.15) is 0 Å². The minimum absolute atomic E-state index is 0.0259. The molecule has 1 aromatic heterocycles. The number of carbonyl (C=O) groups is 1. The molecule has 7 nitrogen and oxygen atoms in total. The third-order valence-corrected chi connectivity index (χ3v) is 7.77. The van der Waals surface area contributed by atoms with E-state index in [1.54, 1.807) is 29.6 Å². The Morgan fingerprint density at radius 2 is 2.11 bits per heavy atom. The maximum atomic E-state index is 14.9. The van der Waals surface area contributed by atoms with E-state index in [1.165, 1.54) is 12.2 Å². The van der Waals surface area contributed by atoms with Gasteiger partial charge in [0.1, 0.15) is 12.0 Å². The van der Waals surface area contributed by atoms with Crippen LogP contribution in [0.2, 0.25) is 0 Å². The van der Waals surface area contributed by atoms with Gasteiger partial charge >= 0.3 is 0 Å². The molecule has 7 atom stereocenters. The number of hydrogen-bond donors (Lipinski definition) is 3. The highest BCUT2D eigenvalue weighted by molar-refractivity contribution is 6.06. The van der Waals surface area contributed by atoms with E-state index in [4.69, 9.17) is 5.73 Å². The van der Waals surface area contributed by atoms with Crippen molar-refractivity contribution in [3.8, 4) is 0 Å². The molecule has 4 aliphatic rings. The van der Waals surface area contributed by atoms with E-state index in [-0.39, 0.29) is 24.4 Å². The fourth-order valence-corrected chi connectivity index (χ4v) is 5.95. The molecule has 36 heavy (non-hydrogen) atoms. The topological polar surface area (TPSA) is 104 Å². The molecule has 1 amide bonds. The van der Waals surface area contributed by atoms with Gasteiger partial charge in [-0.1, -0.05) is 6.92 Å². The lowest BCUT2D eigenvalue weighted by molar-refractivity contribution is -0.113. The number of aromatic nitrogens is 1. The Labute approximate surface area is 209 Å². The summed E-state index contributed by atoms with van der Waals surface area (Å²) < 4.78 is 28.9. The number of alkyl halides is 1. The normalized spacial score (nSPS) is 34.3. The second-order valence-electron chi connectivity index (χ2n) is 10.5. The molecule has 2 aliphatic carbocycles. The summed E-state index contributed by atoms with van der Waals surface area (Å²) in [5.41, 5.74) is 8.88. The Balaban J connectivity index is 1.33. The van der Waals surface area contributed by atoms with Crippen molar-refractivity contribution in [1.29, 1.82) is 0 Å². The van der Waals surface area contributed by atoms with Crippen molar-refractivity contribution in [2.24, 2.45) is 22.6 Å². The van der Waals surface area contributed by atoms with Crippen LogP contribution in [0, 0.1) is 11.8 Å². The first-order valence-electron chi connectivity index (χ1n) is 12.7. The summed E-state index contributed by atoms with van der Waals surface area (Å²) in [5.74, 6) is -0.764. The highest BCUT2D eigenvalue weighted by Gasteiger charge is 2.37. The van der Waals surface area contributed by atoms with Crippen LogP contribution in [0.3, 0.4) is 0 Å². The number of pyridine rings is 1. The van der Waals surface area contributed by atoms with Crippen LogP contribution in [0.4, 0.5) is 14.5 Å². The van der Waals surface area contributed by atoms with E-state index in [1.807, 2.05) is 6.07 Å². The number of allylic oxidation sites excluding steroid dienone is 3. The van der Waals surface area contributed by atoms with E-state index >= 15 is 0 Å². The van der Waals surface area contributed by atoms with E-state index in [0.29, 0.717) is 35.8 Å². The standard InChI is InChI=1S/C27H33F2N5O2/c1-15-8-16(10-17(30)9-15)19-4-6-31-13-24(19)33-27(36)20-2-3-22(28)21-11-18(12-32-26(20)21)34-7-5-25(35)23(29)14-34/h2-4,6,11-13,15-17,21,23,25-26,35H,5,7-10,14,30H2,1H3,(H,33,36)/t15-,16+,17-,21?,23-,25-,26?/m0/s1. The van der Waals surface area contributed by atoms with Crippen LogP contribution in [0.5, 0.6) is 0 Å². The predicted molar refractivity (Wildman–Crippen MR) is 135 cm³/mol. The number of rotatable bonds is 4. The first-order valence-corrected chi connectivity index (χ1v) is 12.7. The van der Waals surface area contributed by atoms with Crippen LogP contribution < -0.4 is 11.1 Å². The average molecular weight is 498 g/mol. The zero-order valence-corrected chi connectivity index (χ0v) is 20.4. The lowest BCUT2D eigenvalue weighted by Gasteiger charge is -2.37. The van der Waals surface area contributed by atoms with Gasteiger partial charge in [0, 0.05) is 30.6 Å². The maximum Gasteiger partial charge on any atom is 0.253 e. The molecule has 9 heteroatoms. The number of fused-ring (bicyclic) bond motifs is 1. The van der Waals surface area contributed by atoms with Gasteiger partial charge in [-0.15, -0.1) is 0 Å². The Bertz CT molecular complexity index is 1120. The molecule has 1 saturated heterocycles. The summed E-state index contributed by atoms with van der Waals surface area (Å²) in [7, 11) is 0. The van der Waals surface area contributed by atoms with E-state index in [2.05, 4.69) is 22.2 Å². The molecular weight excluding hydrogens is 464 g/mol. The monoisotopic (exact) mass is 497 g/mol. The minimum atomic E-state index is -1.37. The Kier molecular flexibility index (Phi) is 7.03. The second-order valence-corrected chi connectivity index (χ2v) is 10.5. The number of aliphatic hydroxyl groups is 1. The van der Waals surface area contributed by atoms with E-state index in [9.17, 15) is 18.7 Å². The fraction of sp³-hybridized carbons (Fsp3) is 0.519. The van der Waals surface area contributed by atoms with Crippen molar-refractivity contribution in [2.75, 3.05) is 18.4 Å². The smallest absolute Gasteiger partial charge is 0.253 e. The molecule has 2 fully saturated rings. The number of piperidine rings is 1. The number of nitrogens with one attached hydrogen (secondary N) is 1. The first-order chi connectivity index (χ1) is 17.3. The molecule has 1 aromatic rings. The number of aliphatic hydroxyl groups excluding tert-OH is 1. The fourth-order valence-electron chi connectivity index (χ4n) is 5.95. The minimum Gasteiger partial charge on any atom is -0.390 e.